The fourth-order valence-corrected chi connectivity index (χ4v) is 3.91. The van der Waals surface area contributed by atoms with Crippen LogP contribution in [0.3, 0.4) is 0 Å². The summed E-state index contributed by atoms with van der Waals surface area (Å²) in [7, 11) is 0. The van der Waals surface area contributed by atoms with Crippen molar-refractivity contribution in [3.8, 4) is 0 Å². The van der Waals surface area contributed by atoms with Crippen LogP contribution in [-0.4, -0.2) is 18.9 Å². The molecule has 1 aromatic carbocycles. The Labute approximate surface area is 122 Å². The fourth-order valence-electron chi connectivity index (χ4n) is 3.91. The van der Waals surface area contributed by atoms with E-state index < -0.39 is 0 Å². The summed E-state index contributed by atoms with van der Waals surface area (Å²) in [4.78, 5) is 14.7. The summed E-state index contributed by atoms with van der Waals surface area (Å²) in [6.07, 6.45) is 6.73. The van der Waals surface area contributed by atoms with Gasteiger partial charge in [0, 0.05) is 31.1 Å². The van der Waals surface area contributed by atoms with E-state index in [9.17, 15) is 4.79 Å². The Morgan fingerprint density at radius 1 is 1.25 bits per heavy atom. The van der Waals surface area contributed by atoms with Crippen LogP contribution in [0.2, 0.25) is 0 Å². The van der Waals surface area contributed by atoms with E-state index in [2.05, 4.69) is 36.1 Å². The fraction of sp³-hybridized carbons (Fsp3) is 0.611. The Balaban J connectivity index is 1.66. The predicted molar refractivity (Wildman–Crippen MR) is 83.1 cm³/mol. The lowest BCUT2D eigenvalue weighted by molar-refractivity contribution is -0.125. The minimum absolute atomic E-state index is 0.270. The van der Waals surface area contributed by atoms with Gasteiger partial charge < -0.3 is 4.90 Å². The molecule has 0 spiro atoms. The normalized spacial score (nSPS) is 25.9. The highest BCUT2D eigenvalue weighted by molar-refractivity contribution is 5.82. The summed E-state index contributed by atoms with van der Waals surface area (Å²) in [5.74, 6) is 1.55. The number of hydrogen-bond donors (Lipinski definition) is 0. The van der Waals surface area contributed by atoms with Crippen molar-refractivity contribution in [1.82, 2.24) is 0 Å². The zero-order chi connectivity index (χ0) is 13.9. The van der Waals surface area contributed by atoms with Crippen molar-refractivity contribution in [3.05, 3.63) is 29.8 Å². The second-order valence-electron chi connectivity index (χ2n) is 6.42. The number of nitrogens with zero attached hydrogens (tertiary/aromatic N) is 1. The van der Waals surface area contributed by atoms with Crippen LogP contribution in [0.4, 0.5) is 5.69 Å². The second kappa shape index (κ2) is 5.99. The van der Waals surface area contributed by atoms with Gasteiger partial charge in [-0.2, -0.15) is 0 Å². The van der Waals surface area contributed by atoms with Crippen LogP contribution in [0.25, 0.3) is 0 Å². The van der Waals surface area contributed by atoms with Gasteiger partial charge in [-0.25, -0.2) is 0 Å². The molecule has 20 heavy (non-hydrogen) atoms. The van der Waals surface area contributed by atoms with Crippen LogP contribution >= 0.6 is 0 Å². The van der Waals surface area contributed by atoms with Gasteiger partial charge in [-0.1, -0.05) is 38.0 Å². The topological polar surface area (TPSA) is 20.3 Å². The van der Waals surface area contributed by atoms with Crippen molar-refractivity contribution in [2.45, 2.75) is 45.4 Å². The summed E-state index contributed by atoms with van der Waals surface area (Å²) >= 11 is 0. The first-order valence-electron chi connectivity index (χ1n) is 8.13. The van der Waals surface area contributed by atoms with Gasteiger partial charge in [-0.05, 0) is 36.8 Å². The standard InChI is InChI=1S/C18H25NO/c1-2-5-14-8-9-18(20)16(12-14)13-19-11-10-15-6-3-4-7-17(15)19/h3-4,6-7,14,16H,2,5,8-13H2,1H3. The number of hydrogen-bond acceptors (Lipinski definition) is 2. The maximum atomic E-state index is 12.2. The molecule has 1 heterocycles. The molecule has 2 aliphatic rings. The first-order valence-corrected chi connectivity index (χ1v) is 8.13. The number of fused-ring (bicyclic) bond motifs is 1. The van der Waals surface area contributed by atoms with Gasteiger partial charge in [0.05, 0.1) is 0 Å². The summed E-state index contributed by atoms with van der Waals surface area (Å²) in [6, 6.07) is 8.65. The number of benzene rings is 1. The van der Waals surface area contributed by atoms with Crippen molar-refractivity contribution in [2.75, 3.05) is 18.0 Å². The first kappa shape index (κ1) is 13.7. The lowest BCUT2D eigenvalue weighted by Crippen LogP contribution is -2.36. The summed E-state index contributed by atoms with van der Waals surface area (Å²) in [5.41, 5.74) is 2.80. The third kappa shape index (κ3) is 2.74. The van der Waals surface area contributed by atoms with Crippen molar-refractivity contribution in [2.24, 2.45) is 11.8 Å². The highest BCUT2D eigenvalue weighted by Crippen LogP contribution is 2.33. The van der Waals surface area contributed by atoms with E-state index in [1.165, 1.54) is 24.1 Å². The third-order valence-corrected chi connectivity index (χ3v) is 4.99. The molecule has 2 nitrogen and oxygen atoms in total. The number of rotatable bonds is 4. The molecule has 108 valence electrons. The number of carbonyl (C=O) groups excluding carboxylic acids is 1. The summed E-state index contributed by atoms with van der Waals surface area (Å²) in [5, 5.41) is 0. The number of carbonyl (C=O) groups is 1. The van der Waals surface area contributed by atoms with E-state index in [1.807, 2.05) is 0 Å². The Hall–Kier alpha value is -1.31. The second-order valence-corrected chi connectivity index (χ2v) is 6.42. The maximum absolute atomic E-state index is 12.2. The molecule has 1 aliphatic heterocycles. The Kier molecular flexibility index (Phi) is 4.09. The maximum Gasteiger partial charge on any atom is 0.137 e. The van der Waals surface area contributed by atoms with Crippen LogP contribution in [0.5, 0.6) is 0 Å². The molecule has 1 aliphatic carbocycles. The van der Waals surface area contributed by atoms with Crippen molar-refractivity contribution in [1.29, 1.82) is 0 Å². The average Bonchev–Trinajstić information content (AvgIpc) is 2.86. The van der Waals surface area contributed by atoms with Crippen molar-refractivity contribution < 1.29 is 4.79 Å². The van der Waals surface area contributed by atoms with Gasteiger partial charge in [0.15, 0.2) is 0 Å². The molecular formula is C18H25NO. The SMILES string of the molecule is CCCC1CCC(=O)C(CN2CCc3ccccc32)C1. The smallest absolute Gasteiger partial charge is 0.137 e. The number of para-hydroxylation sites is 1. The third-order valence-electron chi connectivity index (χ3n) is 4.99. The zero-order valence-electron chi connectivity index (χ0n) is 12.5. The average molecular weight is 271 g/mol. The van der Waals surface area contributed by atoms with Gasteiger partial charge in [-0.3, -0.25) is 4.79 Å². The molecule has 0 bridgehead atoms. The molecule has 3 rings (SSSR count). The highest BCUT2D eigenvalue weighted by atomic mass is 16.1. The van der Waals surface area contributed by atoms with E-state index >= 15 is 0 Å². The zero-order valence-corrected chi connectivity index (χ0v) is 12.5. The van der Waals surface area contributed by atoms with E-state index in [0.717, 1.165) is 44.7 Å². The number of anilines is 1. The van der Waals surface area contributed by atoms with Gasteiger partial charge in [-0.15, -0.1) is 0 Å². The van der Waals surface area contributed by atoms with Crippen LogP contribution in [0, 0.1) is 11.8 Å². The molecule has 1 aromatic rings. The van der Waals surface area contributed by atoms with Gasteiger partial charge in [0.2, 0.25) is 0 Å². The quantitative estimate of drug-likeness (QED) is 0.829. The van der Waals surface area contributed by atoms with Crippen molar-refractivity contribution in [3.63, 3.8) is 0 Å². The van der Waals surface area contributed by atoms with E-state index in [4.69, 9.17) is 0 Å². The Bertz CT molecular complexity index is 482. The van der Waals surface area contributed by atoms with Gasteiger partial charge in [0.25, 0.3) is 0 Å². The van der Waals surface area contributed by atoms with Crippen LogP contribution in [-0.2, 0) is 11.2 Å². The van der Waals surface area contributed by atoms with E-state index in [0.29, 0.717) is 5.78 Å². The highest BCUT2D eigenvalue weighted by Gasteiger charge is 2.31. The van der Waals surface area contributed by atoms with Gasteiger partial charge in [0.1, 0.15) is 5.78 Å². The minimum Gasteiger partial charge on any atom is -0.370 e. The molecule has 1 fully saturated rings. The molecule has 2 atom stereocenters. The lowest BCUT2D eigenvalue weighted by atomic mass is 9.78. The van der Waals surface area contributed by atoms with Crippen LogP contribution in [0.1, 0.15) is 44.6 Å². The van der Waals surface area contributed by atoms with Crippen molar-refractivity contribution >= 4 is 11.5 Å². The van der Waals surface area contributed by atoms with Crippen LogP contribution in [0.15, 0.2) is 24.3 Å². The predicted octanol–water partition coefficient (Wildman–Crippen LogP) is 3.83. The van der Waals surface area contributed by atoms with Crippen LogP contribution < -0.4 is 4.90 Å². The molecule has 0 N–H and O–H groups in total. The first-order chi connectivity index (χ1) is 9.78. The monoisotopic (exact) mass is 271 g/mol. The Morgan fingerprint density at radius 3 is 2.95 bits per heavy atom. The number of ketones is 1. The lowest BCUT2D eigenvalue weighted by Gasteiger charge is -2.31. The summed E-state index contributed by atoms with van der Waals surface area (Å²) in [6.45, 7) is 4.28. The molecule has 0 radical (unpaired) electrons. The van der Waals surface area contributed by atoms with E-state index in [1.54, 1.807) is 0 Å². The minimum atomic E-state index is 0.270. The molecular weight excluding hydrogens is 246 g/mol. The molecule has 0 aromatic heterocycles. The van der Waals surface area contributed by atoms with E-state index in [-0.39, 0.29) is 5.92 Å². The number of Topliss-reactive ketones (excluding diaryl/α,β-unsaturated/α-hetero) is 1. The molecule has 2 unspecified atom stereocenters. The molecule has 0 saturated heterocycles. The molecule has 0 amide bonds. The molecule has 2 heteroatoms. The van der Waals surface area contributed by atoms with Gasteiger partial charge >= 0.3 is 0 Å². The molecule has 1 saturated carbocycles. The largest absolute Gasteiger partial charge is 0.370 e. The summed E-state index contributed by atoms with van der Waals surface area (Å²) < 4.78 is 0. The Morgan fingerprint density at radius 2 is 2.10 bits per heavy atom.